The van der Waals surface area contributed by atoms with Crippen LogP contribution in [0.25, 0.3) is 0 Å². The molecule has 2 aromatic rings. The predicted molar refractivity (Wildman–Crippen MR) is 94.9 cm³/mol. The average Bonchev–Trinajstić information content (AvgIpc) is 2.69. The number of piperidine rings is 1. The van der Waals surface area contributed by atoms with Crippen LogP contribution >= 0.6 is 0 Å². The SMILES string of the molecule is COC1(CO)CCN(C(=O)c2ccccc2Oc2ccccc2)CC1. The number of carbonyl (C=O) groups excluding carboxylic acids is 1. The maximum absolute atomic E-state index is 12.9. The van der Waals surface area contributed by atoms with E-state index in [0.29, 0.717) is 43.0 Å². The molecule has 0 atom stereocenters. The molecule has 0 radical (unpaired) electrons. The van der Waals surface area contributed by atoms with Crippen LogP contribution in [-0.2, 0) is 4.74 Å². The van der Waals surface area contributed by atoms with Gasteiger partial charge in [-0.1, -0.05) is 30.3 Å². The molecule has 1 heterocycles. The van der Waals surface area contributed by atoms with E-state index in [1.165, 1.54) is 0 Å². The summed E-state index contributed by atoms with van der Waals surface area (Å²) in [5.74, 6) is 1.18. The molecule has 0 aliphatic carbocycles. The summed E-state index contributed by atoms with van der Waals surface area (Å²) in [5, 5.41) is 9.54. The van der Waals surface area contributed by atoms with Crippen molar-refractivity contribution >= 4 is 5.91 Å². The van der Waals surface area contributed by atoms with Gasteiger partial charge in [0, 0.05) is 20.2 Å². The number of benzene rings is 2. The molecule has 25 heavy (non-hydrogen) atoms. The molecule has 1 aliphatic heterocycles. The second-order valence-corrected chi connectivity index (χ2v) is 6.25. The highest BCUT2D eigenvalue weighted by Crippen LogP contribution is 2.29. The summed E-state index contributed by atoms with van der Waals surface area (Å²) in [6, 6.07) is 16.7. The van der Waals surface area contributed by atoms with Crippen LogP contribution in [0.15, 0.2) is 54.6 Å². The summed E-state index contributed by atoms with van der Waals surface area (Å²) >= 11 is 0. The molecule has 5 nitrogen and oxygen atoms in total. The number of carbonyl (C=O) groups is 1. The van der Waals surface area contributed by atoms with Gasteiger partial charge in [-0.15, -0.1) is 0 Å². The quantitative estimate of drug-likeness (QED) is 0.908. The fourth-order valence-corrected chi connectivity index (χ4v) is 3.06. The summed E-state index contributed by atoms with van der Waals surface area (Å²) in [6.07, 6.45) is 1.24. The van der Waals surface area contributed by atoms with E-state index in [4.69, 9.17) is 9.47 Å². The van der Waals surface area contributed by atoms with Gasteiger partial charge in [0.05, 0.1) is 17.8 Å². The highest BCUT2D eigenvalue weighted by molar-refractivity contribution is 5.97. The summed E-state index contributed by atoms with van der Waals surface area (Å²) in [7, 11) is 1.61. The average molecular weight is 341 g/mol. The third-order valence-electron chi connectivity index (χ3n) is 4.77. The smallest absolute Gasteiger partial charge is 0.257 e. The number of para-hydroxylation sites is 2. The zero-order valence-electron chi connectivity index (χ0n) is 14.4. The van der Waals surface area contributed by atoms with Crippen molar-refractivity contribution in [2.75, 3.05) is 26.8 Å². The maximum Gasteiger partial charge on any atom is 0.257 e. The molecule has 0 spiro atoms. The van der Waals surface area contributed by atoms with Crippen LogP contribution in [0.3, 0.4) is 0 Å². The molecule has 0 aromatic heterocycles. The molecule has 1 N–H and O–H groups in total. The van der Waals surface area contributed by atoms with Gasteiger partial charge in [0.25, 0.3) is 5.91 Å². The number of nitrogens with zero attached hydrogens (tertiary/aromatic N) is 1. The minimum Gasteiger partial charge on any atom is -0.457 e. The normalized spacial score (nSPS) is 16.5. The highest BCUT2D eigenvalue weighted by atomic mass is 16.5. The van der Waals surface area contributed by atoms with E-state index >= 15 is 0 Å². The number of aliphatic hydroxyl groups excluding tert-OH is 1. The van der Waals surface area contributed by atoms with Crippen molar-refractivity contribution < 1.29 is 19.4 Å². The summed E-state index contributed by atoms with van der Waals surface area (Å²) in [5.41, 5.74) is 0.0110. The predicted octanol–water partition coefficient (Wildman–Crippen LogP) is 3.09. The van der Waals surface area contributed by atoms with Crippen molar-refractivity contribution in [3.63, 3.8) is 0 Å². The number of methoxy groups -OCH3 is 1. The molecule has 1 saturated heterocycles. The fourth-order valence-electron chi connectivity index (χ4n) is 3.06. The summed E-state index contributed by atoms with van der Waals surface area (Å²) in [6.45, 7) is 1.07. The second kappa shape index (κ2) is 7.68. The Morgan fingerprint density at radius 1 is 1.08 bits per heavy atom. The highest BCUT2D eigenvalue weighted by Gasteiger charge is 2.36. The van der Waals surface area contributed by atoms with Gasteiger partial charge >= 0.3 is 0 Å². The lowest BCUT2D eigenvalue weighted by Gasteiger charge is -2.39. The number of likely N-dealkylation sites (tertiary alicyclic amines) is 1. The first-order valence-corrected chi connectivity index (χ1v) is 8.45. The Bertz CT molecular complexity index is 703. The lowest BCUT2D eigenvalue weighted by Crippen LogP contribution is -2.49. The van der Waals surface area contributed by atoms with Crippen LogP contribution in [0.4, 0.5) is 0 Å². The lowest BCUT2D eigenvalue weighted by molar-refractivity contribution is -0.0846. The van der Waals surface area contributed by atoms with Crippen molar-refractivity contribution in [2.24, 2.45) is 0 Å². The Hall–Kier alpha value is -2.37. The van der Waals surface area contributed by atoms with E-state index in [1.54, 1.807) is 24.1 Å². The van der Waals surface area contributed by atoms with E-state index in [1.807, 2.05) is 42.5 Å². The molecule has 0 saturated carbocycles. The molecule has 2 aromatic carbocycles. The van der Waals surface area contributed by atoms with Crippen molar-refractivity contribution in [2.45, 2.75) is 18.4 Å². The Kier molecular flexibility index (Phi) is 5.36. The van der Waals surface area contributed by atoms with Gasteiger partial charge in [0.1, 0.15) is 11.5 Å². The third kappa shape index (κ3) is 3.83. The topological polar surface area (TPSA) is 59.0 Å². The van der Waals surface area contributed by atoms with Gasteiger partial charge in [0.15, 0.2) is 0 Å². The summed E-state index contributed by atoms with van der Waals surface area (Å²) < 4.78 is 11.3. The van der Waals surface area contributed by atoms with Crippen molar-refractivity contribution in [3.05, 3.63) is 60.2 Å². The molecule has 0 bridgehead atoms. The number of hydrogen-bond donors (Lipinski definition) is 1. The van der Waals surface area contributed by atoms with Crippen LogP contribution in [0, 0.1) is 0 Å². The zero-order valence-corrected chi connectivity index (χ0v) is 14.4. The fraction of sp³-hybridized carbons (Fsp3) is 0.350. The Labute approximate surface area is 147 Å². The van der Waals surface area contributed by atoms with Crippen LogP contribution in [0.5, 0.6) is 11.5 Å². The van der Waals surface area contributed by atoms with Gasteiger partial charge in [-0.25, -0.2) is 0 Å². The number of ether oxygens (including phenoxy) is 2. The largest absolute Gasteiger partial charge is 0.457 e. The zero-order chi connectivity index (χ0) is 17.7. The molecule has 1 aliphatic rings. The van der Waals surface area contributed by atoms with E-state index in [-0.39, 0.29) is 12.5 Å². The molecule has 1 fully saturated rings. The molecule has 1 amide bonds. The first kappa shape index (κ1) is 17.5. The van der Waals surface area contributed by atoms with E-state index in [0.717, 1.165) is 0 Å². The first-order chi connectivity index (χ1) is 12.2. The van der Waals surface area contributed by atoms with Gasteiger partial charge in [-0.3, -0.25) is 4.79 Å². The number of rotatable bonds is 5. The van der Waals surface area contributed by atoms with Crippen LogP contribution in [-0.4, -0.2) is 48.3 Å². The van der Waals surface area contributed by atoms with Crippen molar-refractivity contribution in [1.29, 1.82) is 0 Å². The van der Waals surface area contributed by atoms with Gasteiger partial charge < -0.3 is 19.5 Å². The molecular weight excluding hydrogens is 318 g/mol. The van der Waals surface area contributed by atoms with Crippen molar-refractivity contribution in [1.82, 2.24) is 4.90 Å². The third-order valence-corrected chi connectivity index (χ3v) is 4.77. The van der Waals surface area contributed by atoms with Crippen molar-refractivity contribution in [3.8, 4) is 11.5 Å². The lowest BCUT2D eigenvalue weighted by atomic mass is 9.91. The monoisotopic (exact) mass is 341 g/mol. The van der Waals surface area contributed by atoms with E-state index in [9.17, 15) is 9.90 Å². The van der Waals surface area contributed by atoms with Gasteiger partial charge in [-0.05, 0) is 37.1 Å². The Balaban J connectivity index is 1.75. The van der Waals surface area contributed by atoms with Crippen LogP contribution in [0.1, 0.15) is 23.2 Å². The number of aliphatic hydroxyl groups is 1. The second-order valence-electron chi connectivity index (χ2n) is 6.25. The molecular formula is C20H23NO4. The van der Waals surface area contributed by atoms with E-state index < -0.39 is 5.60 Å². The standard InChI is InChI=1S/C20H23NO4/c1-24-20(15-22)11-13-21(14-12-20)19(23)17-9-5-6-10-18(17)25-16-7-3-2-4-8-16/h2-10,22H,11-15H2,1H3. The molecule has 3 rings (SSSR count). The van der Waals surface area contributed by atoms with Crippen LogP contribution in [0.2, 0.25) is 0 Å². The first-order valence-electron chi connectivity index (χ1n) is 8.45. The van der Waals surface area contributed by atoms with Crippen LogP contribution < -0.4 is 4.74 Å². The Morgan fingerprint density at radius 2 is 1.72 bits per heavy atom. The number of amides is 1. The number of hydrogen-bond acceptors (Lipinski definition) is 4. The Morgan fingerprint density at radius 3 is 2.36 bits per heavy atom. The minimum absolute atomic E-state index is 0.0285. The molecule has 5 heteroatoms. The van der Waals surface area contributed by atoms with Gasteiger partial charge in [-0.2, -0.15) is 0 Å². The minimum atomic E-state index is -0.531. The molecule has 132 valence electrons. The summed E-state index contributed by atoms with van der Waals surface area (Å²) in [4.78, 5) is 14.7. The van der Waals surface area contributed by atoms with Gasteiger partial charge in [0.2, 0.25) is 0 Å². The van der Waals surface area contributed by atoms with E-state index in [2.05, 4.69) is 0 Å². The maximum atomic E-state index is 12.9. The molecule has 0 unspecified atom stereocenters.